The Morgan fingerprint density at radius 3 is 2.59 bits per heavy atom. The molecule has 0 bridgehead atoms. The van der Waals surface area contributed by atoms with Crippen molar-refractivity contribution in [1.29, 1.82) is 0 Å². The maximum atomic E-state index is 10.7. The van der Waals surface area contributed by atoms with Crippen molar-refractivity contribution in [1.82, 2.24) is 0 Å². The number of ether oxygens (including phenoxy) is 1. The normalized spacial score (nSPS) is 14.1. The largest absolute Gasteiger partial charge is 0.490 e. The van der Waals surface area contributed by atoms with Crippen molar-refractivity contribution >= 4 is 5.69 Å². The molecule has 1 aromatic carbocycles. The number of aliphatic hydroxyl groups excluding tert-OH is 1. The Balaban J connectivity index is 3.16. The fourth-order valence-electron chi connectivity index (χ4n) is 1.93. The first kappa shape index (κ1) is 13.4. The molecule has 1 rings (SSSR count). The van der Waals surface area contributed by atoms with Gasteiger partial charge in [0, 0.05) is 12.0 Å². The van der Waals surface area contributed by atoms with Crippen LogP contribution in [0, 0.1) is 10.1 Å². The summed E-state index contributed by atoms with van der Waals surface area (Å²) in [5.41, 5.74) is 0.793. The zero-order valence-corrected chi connectivity index (χ0v) is 10.2. The van der Waals surface area contributed by atoms with Gasteiger partial charge in [-0.15, -0.1) is 0 Å². The zero-order chi connectivity index (χ0) is 13.0. The maximum absolute atomic E-state index is 10.7. The Morgan fingerprint density at radius 1 is 1.53 bits per heavy atom. The van der Waals surface area contributed by atoms with Crippen molar-refractivity contribution in [3.8, 4) is 5.75 Å². The third kappa shape index (κ3) is 2.94. The van der Waals surface area contributed by atoms with E-state index in [9.17, 15) is 15.2 Å². The standard InChI is InChI=1S/C12H17NO4/c1-4-10(8(2)14)9-5-6-11(13(15)16)12(7-9)17-3/h5-8,10,14H,4H2,1-3H3. The van der Waals surface area contributed by atoms with Crippen LogP contribution in [0.1, 0.15) is 31.7 Å². The lowest BCUT2D eigenvalue weighted by molar-refractivity contribution is -0.385. The van der Waals surface area contributed by atoms with Gasteiger partial charge in [0.1, 0.15) is 0 Å². The van der Waals surface area contributed by atoms with Crippen molar-refractivity contribution in [2.45, 2.75) is 32.3 Å². The monoisotopic (exact) mass is 239 g/mol. The summed E-state index contributed by atoms with van der Waals surface area (Å²) in [6, 6.07) is 4.71. The van der Waals surface area contributed by atoms with Crippen molar-refractivity contribution in [2.24, 2.45) is 0 Å². The Bertz CT molecular complexity index is 403. The number of nitrogens with zero attached hydrogens (tertiary/aromatic N) is 1. The molecule has 17 heavy (non-hydrogen) atoms. The van der Waals surface area contributed by atoms with E-state index in [-0.39, 0.29) is 17.4 Å². The molecule has 94 valence electrons. The van der Waals surface area contributed by atoms with Crippen LogP contribution in [0.2, 0.25) is 0 Å². The van der Waals surface area contributed by atoms with Gasteiger partial charge in [0.25, 0.3) is 0 Å². The number of nitro benzene ring substituents is 1. The van der Waals surface area contributed by atoms with E-state index in [1.54, 1.807) is 19.1 Å². The average Bonchev–Trinajstić information content (AvgIpc) is 2.28. The smallest absolute Gasteiger partial charge is 0.310 e. The van der Waals surface area contributed by atoms with Crippen molar-refractivity contribution in [2.75, 3.05) is 7.11 Å². The molecule has 0 aliphatic carbocycles. The van der Waals surface area contributed by atoms with E-state index in [4.69, 9.17) is 4.74 Å². The zero-order valence-electron chi connectivity index (χ0n) is 10.2. The van der Waals surface area contributed by atoms with Gasteiger partial charge in [0.2, 0.25) is 0 Å². The van der Waals surface area contributed by atoms with Crippen LogP contribution >= 0.6 is 0 Å². The maximum Gasteiger partial charge on any atom is 0.310 e. The number of methoxy groups -OCH3 is 1. The molecule has 0 aliphatic rings. The lowest BCUT2D eigenvalue weighted by Crippen LogP contribution is -2.13. The van der Waals surface area contributed by atoms with Gasteiger partial charge in [0.15, 0.2) is 5.75 Å². The summed E-state index contributed by atoms with van der Waals surface area (Å²) in [4.78, 5) is 10.3. The molecule has 5 heteroatoms. The highest BCUT2D eigenvalue weighted by Gasteiger charge is 2.20. The van der Waals surface area contributed by atoms with Gasteiger partial charge in [-0.25, -0.2) is 0 Å². The summed E-state index contributed by atoms with van der Waals surface area (Å²) in [6.07, 6.45) is 0.268. The fourth-order valence-corrected chi connectivity index (χ4v) is 1.93. The lowest BCUT2D eigenvalue weighted by Gasteiger charge is -2.18. The second kappa shape index (κ2) is 5.63. The fraction of sp³-hybridized carbons (Fsp3) is 0.500. The van der Waals surface area contributed by atoms with Gasteiger partial charge in [-0.2, -0.15) is 0 Å². The highest BCUT2D eigenvalue weighted by atomic mass is 16.6. The summed E-state index contributed by atoms with van der Waals surface area (Å²) >= 11 is 0. The van der Waals surface area contributed by atoms with Crippen molar-refractivity contribution < 1.29 is 14.8 Å². The number of aliphatic hydroxyl groups is 1. The average molecular weight is 239 g/mol. The minimum atomic E-state index is -0.494. The molecule has 0 saturated carbocycles. The summed E-state index contributed by atoms with van der Waals surface area (Å²) < 4.78 is 5.00. The highest BCUT2D eigenvalue weighted by Crippen LogP contribution is 2.32. The van der Waals surface area contributed by atoms with Crippen LogP contribution in [-0.4, -0.2) is 23.2 Å². The van der Waals surface area contributed by atoms with Crippen LogP contribution in [0.5, 0.6) is 5.75 Å². The SMILES string of the molecule is CCC(c1ccc([N+](=O)[O-])c(OC)c1)C(C)O. The number of hydrogen-bond donors (Lipinski definition) is 1. The van der Waals surface area contributed by atoms with Crippen LogP contribution in [-0.2, 0) is 0 Å². The summed E-state index contributed by atoms with van der Waals surface area (Å²) in [5, 5.41) is 20.4. The Morgan fingerprint density at radius 2 is 2.18 bits per heavy atom. The second-order valence-corrected chi connectivity index (χ2v) is 3.94. The molecule has 2 atom stereocenters. The predicted octanol–water partition coefficient (Wildman–Crippen LogP) is 2.48. The molecule has 0 amide bonds. The molecule has 0 heterocycles. The van der Waals surface area contributed by atoms with Gasteiger partial charge in [-0.3, -0.25) is 10.1 Å². The molecular weight excluding hydrogens is 222 g/mol. The van der Waals surface area contributed by atoms with E-state index in [1.807, 2.05) is 6.92 Å². The van der Waals surface area contributed by atoms with E-state index in [0.29, 0.717) is 0 Å². The predicted molar refractivity (Wildman–Crippen MR) is 64.4 cm³/mol. The van der Waals surface area contributed by atoms with E-state index in [0.717, 1.165) is 12.0 Å². The first-order chi connectivity index (χ1) is 8.01. The van der Waals surface area contributed by atoms with E-state index < -0.39 is 11.0 Å². The number of benzene rings is 1. The molecule has 0 radical (unpaired) electrons. The number of rotatable bonds is 5. The molecule has 1 aromatic rings. The van der Waals surface area contributed by atoms with Crippen molar-refractivity contribution in [3.05, 3.63) is 33.9 Å². The first-order valence-corrected chi connectivity index (χ1v) is 5.51. The molecule has 0 spiro atoms. The number of nitro groups is 1. The third-order valence-electron chi connectivity index (χ3n) is 2.85. The highest BCUT2D eigenvalue weighted by molar-refractivity contribution is 5.49. The third-order valence-corrected chi connectivity index (χ3v) is 2.85. The van der Waals surface area contributed by atoms with Crippen LogP contribution in [0.4, 0.5) is 5.69 Å². The topological polar surface area (TPSA) is 72.6 Å². The molecular formula is C12H17NO4. The molecule has 1 N–H and O–H groups in total. The second-order valence-electron chi connectivity index (χ2n) is 3.94. The minimum absolute atomic E-state index is 0.0373. The van der Waals surface area contributed by atoms with E-state index in [2.05, 4.69) is 0 Å². The van der Waals surface area contributed by atoms with Crippen LogP contribution < -0.4 is 4.74 Å². The van der Waals surface area contributed by atoms with E-state index >= 15 is 0 Å². The van der Waals surface area contributed by atoms with E-state index in [1.165, 1.54) is 13.2 Å². The molecule has 0 fully saturated rings. The quantitative estimate of drug-likeness (QED) is 0.632. The van der Waals surface area contributed by atoms with Crippen molar-refractivity contribution in [3.63, 3.8) is 0 Å². The van der Waals surface area contributed by atoms with Gasteiger partial charge >= 0.3 is 5.69 Å². The van der Waals surface area contributed by atoms with Gasteiger partial charge in [0.05, 0.1) is 18.1 Å². The Labute approximate surface area is 100 Å². The van der Waals surface area contributed by atoms with Gasteiger partial charge in [-0.05, 0) is 25.0 Å². The molecule has 0 aliphatic heterocycles. The van der Waals surface area contributed by atoms with Crippen LogP contribution in [0.25, 0.3) is 0 Å². The lowest BCUT2D eigenvalue weighted by atomic mass is 9.91. The van der Waals surface area contributed by atoms with Crippen LogP contribution in [0.3, 0.4) is 0 Å². The number of hydrogen-bond acceptors (Lipinski definition) is 4. The molecule has 0 aromatic heterocycles. The summed E-state index contributed by atoms with van der Waals surface area (Å²) in [7, 11) is 1.40. The summed E-state index contributed by atoms with van der Waals surface area (Å²) in [5.74, 6) is 0.191. The van der Waals surface area contributed by atoms with Gasteiger partial charge in [-0.1, -0.05) is 13.0 Å². The minimum Gasteiger partial charge on any atom is -0.490 e. The molecule has 5 nitrogen and oxygen atoms in total. The van der Waals surface area contributed by atoms with Crippen LogP contribution in [0.15, 0.2) is 18.2 Å². The Hall–Kier alpha value is -1.62. The Kier molecular flexibility index (Phi) is 4.45. The summed E-state index contributed by atoms with van der Waals surface area (Å²) in [6.45, 7) is 3.67. The first-order valence-electron chi connectivity index (χ1n) is 5.51. The molecule has 0 saturated heterocycles. The van der Waals surface area contributed by atoms with Gasteiger partial charge < -0.3 is 9.84 Å². The molecule has 2 unspecified atom stereocenters.